The summed E-state index contributed by atoms with van der Waals surface area (Å²) in [5.74, 6) is -0.372. The van der Waals surface area contributed by atoms with Gasteiger partial charge in [-0.15, -0.1) is 0 Å². The van der Waals surface area contributed by atoms with Crippen LogP contribution in [-0.4, -0.2) is 44.2 Å². The summed E-state index contributed by atoms with van der Waals surface area (Å²) < 4.78 is 5.63. The van der Waals surface area contributed by atoms with Gasteiger partial charge in [0.05, 0.1) is 18.6 Å². The molecule has 2 amide bonds. The standard InChI is InChI=1S/C10H16INO4/c1-10(2,3)16-9(15)12-6(5-11)7(13)4-8(12)14/h6-7,13H,4-5H2,1-3H3/t6-,7+/m1/s1. The van der Waals surface area contributed by atoms with E-state index in [2.05, 4.69) is 0 Å². The maximum absolute atomic E-state index is 11.8. The lowest BCUT2D eigenvalue weighted by Gasteiger charge is -2.27. The monoisotopic (exact) mass is 341 g/mol. The zero-order chi connectivity index (χ0) is 12.5. The van der Waals surface area contributed by atoms with Crippen LogP contribution in [0.2, 0.25) is 0 Å². The predicted octanol–water partition coefficient (Wildman–Crippen LogP) is 1.32. The molecule has 1 heterocycles. The molecule has 16 heavy (non-hydrogen) atoms. The largest absolute Gasteiger partial charge is 0.443 e. The van der Waals surface area contributed by atoms with Crippen molar-refractivity contribution in [1.82, 2.24) is 4.90 Å². The van der Waals surface area contributed by atoms with Crippen molar-refractivity contribution in [1.29, 1.82) is 0 Å². The number of imide groups is 1. The first-order valence-corrected chi connectivity index (χ1v) is 6.58. The van der Waals surface area contributed by atoms with Gasteiger partial charge < -0.3 is 9.84 Å². The van der Waals surface area contributed by atoms with Gasteiger partial charge in [0, 0.05) is 4.43 Å². The summed E-state index contributed by atoms with van der Waals surface area (Å²) in [6.07, 6.45) is -1.46. The Morgan fingerprint density at radius 3 is 2.62 bits per heavy atom. The van der Waals surface area contributed by atoms with Crippen molar-refractivity contribution in [2.24, 2.45) is 0 Å². The minimum absolute atomic E-state index is 0.00703. The van der Waals surface area contributed by atoms with Crippen LogP contribution in [-0.2, 0) is 9.53 Å². The van der Waals surface area contributed by atoms with E-state index in [9.17, 15) is 14.7 Å². The number of ether oxygens (including phenoxy) is 1. The summed E-state index contributed by atoms with van der Waals surface area (Å²) in [7, 11) is 0. The van der Waals surface area contributed by atoms with Crippen molar-refractivity contribution in [3.63, 3.8) is 0 Å². The Hall–Kier alpha value is -0.370. The van der Waals surface area contributed by atoms with Gasteiger partial charge in [-0.2, -0.15) is 0 Å². The average molecular weight is 341 g/mol. The van der Waals surface area contributed by atoms with Crippen LogP contribution >= 0.6 is 22.6 Å². The Kier molecular flexibility index (Phi) is 4.17. The summed E-state index contributed by atoms with van der Waals surface area (Å²) in [6, 6.07) is -0.469. The minimum Gasteiger partial charge on any atom is -0.443 e. The second-order valence-electron chi connectivity index (χ2n) is 4.74. The summed E-state index contributed by atoms with van der Waals surface area (Å²) in [5, 5.41) is 9.60. The van der Waals surface area contributed by atoms with Gasteiger partial charge >= 0.3 is 6.09 Å². The van der Waals surface area contributed by atoms with Gasteiger partial charge in [-0.1, -0.05) is 22.6 Å². The van der Waals surface area contributed by atoms with Gasteiger partial charge in [-0.25, -0.2) is 9.69 Å². The molecule has 1 N–H and O–H groups in total. The molecule has 1 fully saturated rings. The number of aliphatic hydroxyl groups excluding tert-OH is 1. The lowest BCUT2D eigenvalue weighted by atomic mass is 10.2. The third-order valence-electron chi connectivity index (χ3n) is 2.18. The lowest BCUT2D eigenvalue weighted by Crippen LogP contribution is -2.45. The van der Waals surface area contributed by atoms with E-state index in [-0.39, 0.29) is 12.3 Å². The van der Waals surface area contributed by atoms with E-state index in [0.717, 1.165) is 4.90 Å². The molecule has 1 aliphatic heterocycles. The van der Waals surface area contributed by atoms with E-state index >= 15 is 0 Å². The van der Waals surface area contributed by atoms with Gasteiger partial charge in [-0.05, 0) is 20.8 Å². The fourth-order valence-electron chi connectivity index (χ4n) is 1.49. The smallest absolute Gasteiger partial charge is 0.417 e. The van der Waals surface area contributed by atoms with Crippen molar-refractivity contribution < 1.29 is 19.4 Å². The quantitative estimate of drug-likeness (QED) is 0.577. The van der Waals surface area contributed by atoms with Crippen LogP contribution in [0.25, 0.3) is 0 Å². The second-order valence-corrected chi connectivity index (χ2v) is 5.62. The SMILES string of the molecule is CC(C)(C)OC(=O)N1C(=O)C[C@H](O)[C@H]1CI. The highest BCUT2D eigenvalue weighted by atomic mass is 127. The van der Waals surface area contributed by atoms with E-state index in [1.165, 1.54) is 0 Å². The Bertz CT molecular complexity index is 300. The van der Waals surface area contributed by atoms with Gasteiger partial charge in [0.2, 0.25) is 5.91 Å². The Labute approximate surface area is 108 Å². The molecule has 1 aliphatic rings. The topological polar surface area (TPSA) is 66.8 Å². The summed E-state index contributed by atoms with van der Waals surface area (Å²) in [6.45, 7) is 5.21. The number of rotatable bonds is 1. The van der Waals surface area contributed by atoms with Crippen LogP contribution in [0.1, 0.15) is 27.2 Å². The van der Waals surface area contributed by atoms with E-state index in [1.54, 1.807) is 20.8 Å². The minimum atomic E-state index is -0.781. The Morgan fingerprint density at radius 1 is 1.62 bits per heavy atom. The molecule has 1 rings (SSSR count). The molecular formula is C10H16INO4. The Morgan fingerprint density at radius 2 is 2.19 bits per heavy atom. The molecule has 0 bridgehead atoms. The first-order chi connectivity index (χ1) is 7.26. The van der Waals surface area contributed by atoms with Crippen LogP contribution in [0, 0.1) is 0 Å². The molecule has 0 aliphatic carbocycles. The number of nitrogens with zero attached hydrogens (tertiary/aromatic N) is 1. The van der Waals surface area contributed by atoms with E-state index in [1.807, 2.05) is 22.6 Å². The molecule has 2 atom stereocenters. The zero-order valence-electron chi connectivity index (χ0n) is 9.57. The van der Waals surface area contributed by atoms with Gasteiger partial charge in [-0.3, -0.25) is 4.79 Å². The molecule has 5 nitrogen and oxygen atoms in total. The van der Waals surface area contributed by atoms with E-state index in [0.29, 0.717) is 4.43 Å². The van der Waals surface area contributed by atoms with Crippen molar-refractivity contribution in [3.05, 3.63) is 0 Å². The highest BCUT2D eigenvalue weighted by Gasteiger charge is 2.43. The Balaban J connectivity index is 2.78. The van der Waals surface area contributed by atoms with Crippen molar-refractivity contribution >= 4 is 34.6 Å². The van der Waals surface area contributed by atoms with Crippen molar-refractivity contribution in [3.8, 4) is 0 Å². The van der Waals surface area contributed by atoms with Crippen LogP contribution in [0.3, 0.4) is 0 Å². The van der Waals surface area contributed by atoms with E-state index < -0.39 is 23.8 Å². The first-order valence-electron chi connectivity index (χ1n) is 5.05. The second kappa shape index (κ2) is 4.87. The van der Waals surface area contributed by atoms with Gasteiger partial charge in [0.15, 0.2) is 0 Å². The molecule has 0 aromatic carbocycles. The van der Waals surface area contributed by atoms with Crippen LogP contribution in [0.5, 0.6) is 0 Å². The highest BCUT2D eigenvalue weighted by molar-refractivity contribution is 14.1. The molecule has 0 aromatic rings. The predicted molar refractivity (Wildman–Crippen MR) is 66.4 cm³/mol. The fourth-order valence-corrected chi connectivity index (χ4v) is 2.47. The third kappa shape index (κ3) is 3.07. The molecule has 0 radical (unpaired) electrons. The normalized spacial score (nSPS) is 26.1. The maximum atomic E-state index is 11.8. The number of carbonyl (C=O) groups is 2. The number of alkyl halides is 1. The third-order valence-corrected chi connectivity index (χ3v) is 3.08. The molecule has 0 aromatic heterocycles. The molecule has 0 saturated carbocycles. The number of aliphatic hydroxyl groups is 1. The first kappa shape index (κ1) is 13.7. The maximum Gasteiger partial charge on any atom is 0.417 e. The molecule has 0 spiro atoms. The molecular weight excluding hydrogens is 325 g/mol. The number of hydrogen-bond acceptors (Lipinski definition) is 4. The number of likely N-dealkylation sites (tertiary alicyclic amines) is 1. The van der Waals surface area contributed by atoms with Gasteiger partial charge in [0.1, 0.15) is 5.60 Å². The number of hydrogen-bond donors (Lipinski definition) is 1. The summed E-state index contributed by atoms with van der Waals surface area (Å²) in [4.78, 5) is 24.3. The molecule has 6 heteroatoms. The van der Waals surface area contributed by atoms with Crippen molar-refractivity contribution in [2.45, 2.75) is 44.9 Å². The summed E-state index contributed by atoms with van der Waals surface area (Å²) >= 11 is 2.04. The summed E-state index contributed by atoms with van der Waals surface area (Å²) in [5.41, 5.74) is -0.638. The number of carbonyl (C=O) groups excluding carboxylic acids is 2. The molecule has 1 saturated heterocycles. The van der Waals surface area contributed by atoms with Crippen LogP contribution in [0.15, 0.2) is 0 Å². The molecule has 0 unspecified atom stereocenters. The molecule has 92 valence electrons. The number of amides is 2. The lowest BCUT2D eigenvalue weighted by molar-refractivity contribution is -0.127. The van der Waals surface area contributed by atoms with Crippen molar-refractivity contribution in [2.75, 3.05) is 4.43 Å². The highest BCUT2D eigenvalue weighted by Crippen LogP contribution is 2.23. The average Bonchev–Trinajstić information content (AvgIpc) is 2.37. The zero-order valence-corrected chi connectivity index (χ0v) is 11.7. The fraction of sp³-hybridized carbons (Fsp3) is 0.800. The van der Waals surface area contributed by atoms with E-state index in [4.69, 9.17) is 4.74 Å². The number of halogens is 1. The van der Waals surface area contributed by atoms with Crippen LogP contribution < -0.4 is 0 Å². The van der Waals surface area contributed by atoms with Crippen LogP contribution in [0.4, 0.5) is 4.79 Å². The van der Waals surface area contributed by atoms with Gasteiger partial charge in [0.25, 0.3) is 0 Å².